The summed E-state index contributed by atoms with van der Waals surface area (Å²) < 4.78 is 17.7. The molecule has 87 heavy (non-hydrogen) atoms. The highest BCUT2D eigenvalue weighted by Gasteiger charge is 2.47. The number of carbonyl (C=O) groups excluding carboxylic acids is 2. The van der Waals surface area contributed by atoms with E-state index in [1.54, 1.807) is 6.08 Å². The van der Waals surface area contributed by atoms with E-state index in [9.17, 15) is 35.1 Å². The molecule has 1 amide bonds. The van der Waals surface area contributed by atoms with Gasteiger partial charge in [0.05, 0.1) is 25.4 Å². The molecule has 1 fully saturated rings. The fourth-order valence-electron chi connectivity index (χ4n) is 10.8. The fourth-order valence-corrected chi connectivity index (χ4v) is 10.8. The Hall–Kier alpha value is -3.42. The molecule has 502 valence electrons. The number of allylic oxidation sites excluding steroid dienone is 15. The zero-order chi connectivity index (χ0) is 63.1. The van der Waals surface area contributed by atoms with Crippen molar-refractivity contribution in [2.75, 3.05) is 13.2 Å². The maximum absolute atomic E-state index is 13.5. The van der Waals surface area contributed by atoms with Crippen molar-refractivity contribution in [1.82, 2.24) is 5.32 Å². The summed E-state index contributed by atoms with van der Waals surface area (Å²) >= 11 is 0. The third kappa shape index (κ3) is 50.0. The molecule has 1 heterocycles. The Morgan fingerprint density at radius 1 is 0.460 bits per heavy atom. The predicted molar refractivity (Wildman–Crippen MR) is 365 cm³/mol. The summed E-state index contributed by atoms with van der Waals surface area (Å²) in [5.41, 5.74) is 0. The number of nitrogens with one attached hydrogen (secondary N) is 1. The van der Waals surface area contributed by atoms with Crippen molar-refractivity contribution in [2.45, 2.75) is 359 Å². The lowest BCUT2D eigenvalue weighted by molar-refractivity contribution is -0.305. The molecule has 0 aromatic rings. The lowest BCUT2D eigenvalue weighted by Crippen LogP contribution is -2.61. The number of carbonyl (C=O) groups is 2. The van der Waals surface area contributed by atoms with Crippen LogP contribution in [-0.4, -0.2) is 99.6 Å². The van der Waals surface area contributed by atoms with Crippen LogP contribution in [0, 0.1) is 0 Å². The zero-order valence-corrected chi connectivity index (χ0v) is 55.9. The number of unbranched alkanes of at least 4 members (excludes halogenated alkanes) is 33. The molecule has 0 spiro atoms. The number of aliphatic hydroxyl groups is 5. The van der Waals surface area contributed by atoms with E-state index in [-0.39, 0.29) is 19.4 Å². The zero-order valence-electron chi connectivity index (χ0n) is 55.9. The molecule has 11 nitrogen and oxygen atoms in total. The molecule has 0 saturated carbocycles. The molecule has 0 aromatic heterocycles. The van der Waals surface area contributed by atoms with Crippen LogP contribution in [0.3, 0.4) is 0 Å². The molecule has 0 bridgehead atoms. The van der Waals surface area contributed by atoms with Gasteiger partial charge in [-0.1, -0.05) is 298 Å². The van der Waals surface area contributed by atoms with Crippen LogP contribution in [-0.2, 0) is 23.8 Å². The van der Waals surface area contributed by atoms with Crippen LogP contribution < -0.4 is 5.32 Å². The van der Waals surface area contributed by atoms with Crippen LogP contribution >= 0.6 is 0 Å². The first-order valence-corrected chi connectivity index (χ1v) is 36.0. The van der Waals surface area contributed by atoms with Gasteiger partial charge in [0.25, 0.3) is 0 Å². The van der Waals surface area contributed by atoms with Crippen molar-refractivity contribution < 1.29 is 49.3 Å². The highest BCUT2D eigenvalue weighted by molar-refractivity contribution is 5.80. The van der Waals surface area contributed by atoms with Crippen LogP contribution in [0.1, 0.15) is 310 Å². The van der Waals surface area contributed by atoms with Gasteiger partial charge >= 0.3 is 5.97 Å². The third-order valence-corrected chi connectivity index (χ3v) is 16.5. The van der Waals surface area contributed by atoms with Crippen LogP contribution in [0.5, 0.6) is 0 Å². The average molecular weight is 1220 g/mol. The van der Waals surface area contributed by atoms with E-state index < -0.39 is 67.4 Å². The van der Waals surface area contributed by atoms with Gasteiger partial charge in [0, 0.05) is 6.42 Å². The van der Waals surface area contributed by atoms with E-state index >= 15 is 0 Å². The molecule has 11 heteroatoms. The molecule has 0 aromatic carbocycles. The van der Waals surface area contributed by atoms with E-state index in [1.165, 1.54) is 154 Å². The van der Waals surface area contributed by atoms with Gasteiger partial charge in [0.1, 0.15) is 24.4 Å². The highest BCUT2D eigenvalue weighted by Crippen LogP contribution is 2.26. The smallest absolute Gasteiger partial charge is 0.306 e. The SMILES string of the molecule is CC/C=C\C/C=C\C/C=C\C/C=C\C/C=C\CCCCCCCC(=O)OC1C(OCC(NC(=O)C(O)CCCCCCCCCCCCCCCCCC/C=C\C/C=C\CCCCC)C(O)/C=C/CCCCCCCCCCC)OC(CO)C(O)C1O. The summed E-state index contributed by atoms with van der Waals surface area (Å²) in [4.78, 5) is 26.7. The van der Waals surface area contributed by atoms with Gasteiger partial charge in [0.15, 0.2) is 12.4 Å². The number of ether oxygens (including phenoxy) is 3. The molecule has 1 aliphatic heterocycles. The third-order valence-electron chi connectivity index (χ3n) is 16.5. The van der Waals surface area contributed by atoms with Crippen molar-refractivity contribution in [2.24, 2.45) is 0 Å². The molecular weight excluding hydrogens is 1090 g/mol. The maximum atomic E-state index is 13.5. The molecule has 1 rings (SSSR count). The van der Waals surface area contributed by atoms with Gasteiger partial charge in [-0.05, 0) is 103 Å². The first-order chi connectivity index (χ1) is 42.7. The second-order valence-corrected chi connectivity index (χ2v) is 24.6. The van der Waals surface area contributed by atoms with E-state index in [2.05, 4.69) is 111 Å². The van der Waals surface area contributed by atoms with E-state index in [0.29, 0.717) is 12.8 Å². The van der Waals surface area contributed by atoms with Crippen LogP contribution in [0.4, 0.5) is 0 Å². The molecule has 8 unspecified atom stereocenters. The Morgan fingerprint density at radius 2 is 0.828 bits per heavy atom. The van der Waals surface area contributed by atoms with E-state index in [1.807, 2.05) is 6.08 Å². The number of hydrogen-bond donors (Lipinski definition) is 6. The minimum atomic E-state index is -1.63. The van der Waals surface area contributed by atoms with Gasteiger partial charge in [-0.15, -0.1) is 0 Å². The summed E-state index contributed by atoms with van der Waals surface area (Å²) in [6.45, 7) is 5.66. The Kier molecular flexibility index (Phi) is 58.9. The molecular formula is C76H133NO10. The summed E-state index contributed by atoms with van der Waals surface area (Å²) in [6, 6.07) is -1.03. The van der Waals surface area contributed by atoms with Crippen LogP contribution in [0.25, 0.3) is 0 Å². The largest absolute Gasteiger partial charge is 0.454 e. The van der Waals surface area contributed by atoms with Gasteiger partial charge in [0.2, 0.25) is 5.91 Å². The normalized spacial score (nSPS) is 18.8. The van der Waals surface area contributed by atoms with Crippen LogP contribution in [0.2, 0.25) is 0 Å². The maximum Gasteiger partial charge on any atom is 0.306 e. The van der Waals surface area contributed by atoms with Gasteiger partial charge in [-0.25, -0.2) is 0 Å². The minimum Gasteiger partial charge on any atom is -0.454 e. The number of hydrogen-bond acceptors (Lipinski definition) is 10. The molecule has 0 radical (unpaired) electrons. The fraction of sp³-hybridized carbons (Fsp3) is 0.763. The van der Waals surface area contributed by atoms with Crippen molar-refractivity contribution in [3.63, 3.8) is 0 Å². The number of aliphatic hydroxyl groups excluding tert-OH is 5. The summed E-state index contributed by atoms with van der Waals surface area (Å²) in [5.74, 6) is -1.21. The average Bonchev–Trinajstić information content (AvgIpc) is 3.60. The van der Waals surface area contributed by atoms with Crippen LogP contribution in [0.15, 0.2) is 97.2 Å². The number of esters is 1. The van der Waals surface area contributed by atoms with Crippen molar-refractivity contribution in [3.8, 4) is 0 Å². The molecule has 1 saturated heterocycles. The predicted octanol–water partition coefficient (Wildman–Crippen LogP) is 18.6. The monoisotopic (exact) mass is 1220 g/mol. The van der Waals surface area contributed by atoms with Crippen molar-refractivity contribution in [1.29, 1.82) is 0 Å². The second kappa shape index (κ2) is 62.8. The minimum absolute atomic E-state index is 0.0982. The second-order valence-electron chi connectivity index (χ2n) is 24.6. The first-order valence-electron chi connectivity index (χ1n) is 36.0. The van der Waals surface area contributed by atoms with Gasteiger partial charge < -0.3 is 45.1 Å². The number of rotatable bonds is 61. The summed E-state index contributed by atoms with van der Waals surface area (Å²) in [6.07, 6.45) is 74.5. The quantitative estimate of drug-likeness (QED) is 0.0195. The lowest BCUT2D eigenvalue weighted by Gasteiger charge is -2.41. The molecule has 1 aliphatic rings. The van der Waals surface area contributed by atoms with Crippen molar-refractivity contribution >= 4 is 11.9 Å². The Labute approximate surface area is 533 Å². The van der Waals surface area contributed by atoms with E-state index in [0.717, 1.165) is 109 Å². The number of amides is 1. The molecule has 0 aliphatic carbocycles. The standard InChI is InChI=1S/C76H133NO10/c1-4-7-10-13-16-19-22-24-26-28-30-32-33-34-35-36-38-39-41-43-45-48-51-54-57-60-63-69(80)75(84)77-67(68(79)62-59-56-53-50-47-21-18-15-12-9-6-3)66-85-76-74(73(83)72(82)70(65-78)86-76)87-71(81)64-61-58-55-52-49-46-44-42-40-37-31-29-27-25-23-20-17-14-11-8-5-2/h8,11,16-17,19-20,24-27,31,37,42,44,59,62,67-70,72-74,76,78-80,82-83H,4-7,9-10,12-15,18,21-23,28-30,32-36,38-41,43,45-58,60-61,63-66H2,1-3H3,(H,77,84)/b11-8-,19-16-,20-17-,26-24-,27-25-,37-31-,44-42-,62-59+. The summed E-state index contributed by atoms with van der Waals surface area (Å²) in [7, 11) is 0. The molecule has 6 N–H and O–H groups in total. The van der Waals surface area contributed by atoms with Gasteiger partial charge in [-0.2, -0.15) is 0 Å². The van der Waals surface area contributed by atoms with Gasteiger partial charge in [-0.3, -0.25) is 9.59 Å². The topological polar surface area (TPSA) is 175 Å². The highest BCUT2D eigenvalue weighted by atomic mass is 16.7. The lowest BCUT2D eigenvalue weighted by atomic mass is 9.99. The Balaban J connectivity index is 2.55. The summed E-state index contributed by atoms with van der Waals surface area (Å²) in [5, 5.41) is 57.2. The van der Waals surface area contributed by atoms with E-state index in [4.69, 9.17) is 14.2 Å². The first kappa shape index (κ1) is 81.6. The van der Waals surface area contributed by atoms with Crippen molar-refractivity contribution in [3.05, 3.63) is 97.2 Å². The molecule has 8 atom stereocenters. The Bertz CT molecular complexity index is 1790. The Morgan fingerprint density at radius 3 is 1.26 bits per heavy atom.